The van der Waals surface area contributed by atoms with Crippen LogP contribution in [0.25, 0.3) is 0 Å². The van der Waals surface area contributed by atoms with E-state index >= 15 is 0 Å². The molecule has 1 aliphatic rings. The minimum Gasteiger partial charge on any atom is -0.281 e. The lowest BCUT2D eigenvalue weighted by Crippen LogP contribution is -2.26. The maximum atomic E-state index is 12.1. The van der Waals surface area contributed by atoms with E-state index in [4.69, 9.17) is 0 Å². The quantitative estimate of drug-likeness (QED) is 0.800. The Labute approximate surface area is 108 Å². The van der Waals surface area contributed by atoms with E-state index in [0.29, 0.717) is 17.9 Å². The average Bonchev–Trinajstić information content (AvgIpc) is 2.89. The summed E-state index contributed by atoms with van der Waals surface area (Å²) >= 11 is 0. The van der Waals surface area contributed by atoms with Gasteiger partial charge in [-0.1, -0.05) is 11.6 Å². The van der Waals surface area contributed by atoms with Crippen molar-refractivity contribution in [2.24, 2.45) is 0 Å². The fraction of sp³-hybridized carbons (Fsp3) is 0.583. The smallest absolute Gasteiger partial charge is 0.244 e. The zero-order valence-electron chi connectivity index (χ0n) is 10.8. The number of aryl methyl sites for hydroxylation is 2. The zero-order chi connectivity index (χ0) is 13.2. The van der Waals surface area contributed by atoms with Crippen LogP contribution in [0.4, 0.5) is 0 Å². The van der Waals surface area contributed by atoms with E-state index in [-0.39, 0.29) is 4.90 Å². The summed E-state index contributed by atoms with van der Waals surface area (Å²) in [4.78, 5) is 0.280. The van der Waals surface area contributed by atoms with Gasteiger partial charge in [-0.25, -0.2) is 13.1 Å². The molecule has 1 aromatic heterocycles. The number of hydrogen-bond acceptors (Lipinski definition) is 3. The zero-order valence-corrected chi connectivity index (χ0v) is 11.6. The highest BCUT2D eigenvalue weighted by molar-refractivity contribution is 7.89. The Bertz CT molecular complexity index is 538. The summed E-state index contributed by atoms with van der Waals surface area (Å²) in [6, 6.07) is 0. The van der Waals surface area contributed by atoms with Gasteiger partial charge in [0.2, 0.25) is 10.0 Å². The SMILES string of the molecule is Cc1n[nH]c(C)c1S(=O)(=O)NCCC1=CCCC1. The monoisotopic (exact) mass is 269 g/mol. The van der Waals surface area contributed by atoms with Gasteiger partial charge < -0.3 is 0 Å². The summed E-state index contributed by atoms with van der Waals surface area (Å²) in [5.74, 6) is 0. The molecule has 2 rings (SSSR count). The molecule has 2 N–H and O–H groups in total. The van der Waals surface area contributed by atoms with Crippen LogP contribution in [-0.4, -0.2) is 25.2 Å². The Morgan fingerprint density at radius 2 is 2.22 bits per heavy atom. The minimum atomic E-state index is -3.44. The van der Waals surface area contributed by atoms with Gasteiger partial charge in [0, 0.05) is 6.54 Å². The Kier molecular flexibility index (Phi) is 3.87. The van der Waals surface area contributed by atoms with Crippen molar-refractivity contribution in [2.75, 3.05) is 6.54 Å². The number of nitrogens with one attached hydrogen (secondary N) is 2. The van der Waals surface area contributed by atoms with Gasteiger partial charge >= 0.3 is 0 Å². The molecule has 6 heteroatoms. The molecule has 0 spiro atoms. The Hall–Kier alpha value is -1.14. The Morgan fingerprint density at radius 1 is 1.44 bits per heavy atom. The number of nitrogens with zero attached hydrogens (tertiary/aromatic N) is 1. The summed E-state index contributed by atoms with van der Waals surface area (Å²) in [5, 5.41) is 6.61. The van der Waals surface area contributed by atoms with E-state index in [1.807, 2.05) is 0 Å². The molecule has 0 saturated heterocycles. The standard InChI is InChI=1S/C12H19N3O2S/c1-9-12(10(2)15-14-9)18(16,17)13-8-7-11-5-3-4-6-11/h5,13H,3-4,6-8H2,1-2H3,(H,14,15). The molecule has 0 amide bonds. The summed E-state index contributed by atoms with van der Waals surface area (Å²) < 4.78 is 26.9. The summed E-state index contributed by atoms with van der Waals surface area (Å²) in [6.45, 7) is 3.86. The summed E-state index contributed by atoms with van der Waals surface area (Å²) in [7, 11) is -3.44. The first-order valence-corrected chi connectivity index (χ1v) is 7.68. The van der Waals surface area contributed by atoms with Crippen molar-refractivity contribution >= 4 is 10.0 Å². The van der Waals surface area contributed by atoms with Gasteiger partial charge in [-0.3, -0.25) is 5.10 Å². The van der Waals surface area contributed by atoms with Crippen molar-refractivity contribution in [2.45, 2.75) is 44.4 Å². The Balaban J connectivity index is 1.99. The molecule has 0 radical (unpaired) electrons. The van der Waals surface area contributed by atoms with Gasteiger partial charge in [-0.05, 0) is 39.5 Å². The normalized spacial score (nSPS) is 16.0. The predicted octanol–water partition coefficient (Wildman–Crippen LogP) is 1.81. The lowest BCUT2D eigenvalue weighted by Gasteiger charge is -2.07. The van der Waals surface area contributed by atoms with Crippen LogP contribution in [0.3, 0.4) is 0 Å². The van der Waals surface area contributed by atoms with E-state index in [1.165, 1.54) is 12.0 Å². The van der Waals surface area contributed by atoms with Crippen molar-refractivity contribution in [1.29, 1.82) is 0 Å². The minimum absolute atomic E-state index is 0.280. The molecular formula is C12H19N3O2S. The molecule has 1 aromatic rings. The average molecular weight is 269 g/mol. The predicted molar refractivity (Wildman–Crippen MR) is 69.8 cm³/mol. The lowest BCUT2D eigenvalue weighted by atomic mass is 10.2. The highest BCUT2D eigenvalue weighted by Crippen LogP contribution is 2.20. The molecule has 1 aliphatic carbocycles. The first kappa shape index (κ1) is 13.3. The fourth-order valence-corrected chi connectivity index (χ4v) is 3.72. The van der Waals surface area contributed by atoms with Gasteiger partial charge in [0.05, 0.1) is 11.4 Å². The lowest BCUT2D eigenvalue weighted by molar-refractivity contribution is 0.580. The van der Waals surface area contributed by atoms with E-state index in [9.17, 15) is 8.42 Å². The van der Waals surface area contributed by atoms with Gasteiger partial charge in [-0.15, -0.1) is 0 Å². The van der Waals surface area contributed by atoms with Crippen LogP contribution in [0.2, 0.25) is 0 Å². The van der Waals surface area contributed by atoms with Gasteiger partial charge in [0.15, 0.2) is 0 Å². The number of allylic oxidation sites excluding steroid dienone is 1. The van der Waals surface area contributed by atoms with Gasteiger partial charge in [-0.2, -0.15) is 5.10 Å². The number of hydrogen-bond donors (Lipinski definition) is 2. The second-order valence-electron chi connectivity index (χ2n) is 4.67. The Morgan fingerprint density at radius 3 is 2.78 bits per heavy atom. The van der Waals surface area contributed by atoms with Crippen LogP contribution >= 0.6 is 0 Å². The maximum absolute atomic E-state index is 12.1. The van der Waals surface area contributed by atoms with Crippen LogP contribution < -0.4 is 4.72 Å². The topological polar surface area (TPSA) is 74.8 Å². The third kappa shape index (κ3) is 2.81. The van der Waals surface area contributed by atoms with Crippen LogP contribution in [0.1, 0.15) is 37.1 Å². The van der Waals surface area contributed by atoms with Crippen molar-refractivity contribution in [3.05, 3.63) is 23.0 Å². The van der Waals surface area contributed by atoms with Gasteiger partial charge in [0.25, 0.3) is 0 Å². The molecular weight excluding hydrogens is 250 g/mol. The highest BCUT2D eigenvalue weighted by Gasteiger charge is 2.21. The first-order valence-electron chi connectivity index (χ1n) is 6.20. The second-order valence-corrected chi connectivity index (χ2v) is 6.37. The number of rotatable bonds is 5. The van der Waals surface area contributed by atoms with E-state index in [2.05, 4.69) is 21.0 Å². The van der Waals surface area contributed by atoms with Crippen LogP contribution in [0, 0.1) is 13.8 Å². The molecule has 0 aliphatic heterocycles. The molecule has 1 heterocycles. The number of sulfonamides is 1. The van der Waals surface area contributed by atoms with E-state index in [0.717, 1.165) is 19.3 Å². The van der Waals surface area contributed by atoms with Crippen LogP contribution in [0.5, 0.6) is 0 Å². The second kappa shape index (κ2) is 5.24. The summed E-state index contributed by atoms with van der Waals surface area (Å²) in [6.07, 6.45) is 6.44. The van der Waals surface area contributed by atoms with E-state index in [1.54, 1.807) is 13.8 Å². The largest absolute Gasteiger partial charge is 0.281 e. The number of aromatic nitrogens is 2. The third-order valence-corrected chi connectivity index (χ3v) is 4.93. The molecule has 5 nitrogen and oxygen atoms in total. The number of aromatic amines is 1. The first-order chi connectivity index (χ1) is 8.50. The molecule has 100 valence electrons. The summed E-state index contributed by atoms with van der Waals surface area (Å²) in [5.41, 5.74) is 2.46. The third-order valence-electron chi connectivity index (χ3n) is 3.20. The van der Waals surface area contributed by atoms with Crippen molar-refractivity contribution < 1.29 is 8.42 Å². The molecule has 18 heavy (non-hydrogen) atoms. The van der Waals surface area contributed by atoms with E-state index < -0.39 is 10.0 Å². The molecule has 0 saturated carbocycles. The van der Waals surface area contributed by atoms with Crippen molar-refractivity contribution in [3.63, 3.8) is 0 Å². The molecule has 0 unspecified atom stereocenters. The highest BCUT2D eigenvalue weighted by atomic mass is 32.2. The van der Waals surface area contributed by atoms with Crippen LogP contribution in [-0.2, 0) is 10.0 Å². The van der Waals surface area contributed by atoms with Crippen molar-refractivity contribution in [1.82, 2.24) is 14.9 Å². The van der Waals surface area contributed by atoms with Gasteiger partial charge in [0.1, 0.15) is 4.90 Å². The molecule has 0 bridgehead atoms. The number of H-pyrrole nitrogens is 1. The molecule has 0 aromatic carbocycles. The molecule has 0 atom stereocenters. The van der Waals surface area contributed by atoms with Crippen molar-refractivity contribution in [3.8, 4) is 0 Å². The van der Waals surface area contributed by atoms with Crippen LogP contribution in [0.15, 0.2) is 16.5 Å². The fourth-order valence-electron chi connectivity index (χ4n) is 2.32. The maximum Gasteiger partial charge on any atom is 0.244 e. The molecule has 0 fully saturated rings.